The molecular formula is C65H67ClN10O7S3. The summed E-state index contributed by atoms with van der Waals surface area (Å²) in [6, 6.07) is 50.7. The number of fused-ring (bicyclic) bond motifs is 4. The van der Waals surface area contributed by atoms with Gasteiger partial charge in [0.15, 0.2) is 11.6 Å². The minimum Gasteiger partial charge on any atom is -0.480 e. The van der Waals surface area contributed by atoms with Crippen molar-refractivity contribution in [3.63, 3.8) is 0 Å². The number of aliphatic carboxylic acids is 1. The molecule has 12 rings (SSSR count). The lowest BCUT2D eigenvalue weighted by atomic mass is 9.99. The molecule has 0 bridgehead atoms. The molecule has 6 aromatic carbocycles. The van der Waals surface area contributed by atoms with Crippen LogP contribution in [0.1, 0.15) is 79.3 Å². The molecule has 2 fully saturated rings. The first kappa shape index (κ1) is 66.5. The fraction of sp³-hybridized carbons (Fsp3) is 0.231. The number of halogens is 1. The van der Waals surface area contributed by atoms with E-state index < -0.39 is 12.0 Å². The average molecular weight is 1230 g/mol. The molecule has 2 aliphatic heterocycles. The molecule has 0 radical (unpaired) electrons. The number of carboxylic acids is 1. The fourth-order valence-corrected chi connectivity index (χ4v) is 10.5. The number of benzene rings is 6. The number of rotatable bonds is 12. The lowest BCUT2D eigenvalue weighted by molar-refractivity contribution is -0.138. The van der Waals surface area contributed by atoms with Gasteiger partial charge in [0, 0.05) is 64.9 Å². The van der Waals surface area contributed by atoms with Gasteiger partial charge in [-0.25, -0.2) is 9.97 Å². The number of nitrogens with one attached hydrogen (secondary N) is 3. The molecule has 3 amide bonds. The second-order valence-corrected chi connectivity index (χ2v) is 20.3. The number of Topliss-reactive ketones (excluding diaryl/α,β-unsaturated/α-hetero) is 2. The number of hydrogen-bond acceptors (Lipinski definition) is 13. The monoisotopic (exact) mass is 1230 g/mol. The predicted molar refractivity (Wildman–Crippen MR) is 353 cm³/mol. The summed E-state index contributed by atoms with van der Waals surface area (Å²) < 4.78 is 2.94. The maximum Gasteiger partial charge on any atom is 0.325 e. The van der Waals surface area contributed by atoms with Gasteiger partial charge in [-0.1, -0.05) is 104 Å². The second-order valence-electron chi connectivity index (χ2n) is 20.3. The molecule has 0 unspecified atom stereocenters. The van der Waals surface area contributed by atoms with Crippen LogP contribution in [0.25, 0.3) is 65.6 Å². The van der Waals surface area contributed by atoms with Crippen LogP contribution in [-0.2, 0) is 54.6 Å². The number of hydrogen-bond donors (Lipinski definition) is 4. The van der Waals surface area contributed by atoms with E-state index in [0.717, 1.165) is 81.0 Å². The van der Waals surface area contributed by atoms with Gasteiger partial charge in [-0.15, -0.1) is 12.4 Å². The largest absolute Gasteiger partial charge is 0.480 e. The average Bonchev–Trinajstić information content (AvgIpc) is 2.85. The maximum atomic E-state index is 13.5. The number of anilines is 2. The molecule has 21 heteroatoms. The van der Waals surface area contributed by atoms with Gasteiger partial charge in [-0.05, 0) is 151 Å². The molecule has 0 saturated carbocycles. The van der Waals surface area contributed by atoms with Crippen molar-refractivity contribution in [2.75, 3.05) is 23.7 Å². The number of pyridine rings is 2. The van der Waals surface area contributed by atoms with Crippen LogP contribution in [0.15, 0.2) is 158 Å². The number of likely N-dealkylation sites (tertiary alicyclic amines) is 1. The Morgan fingerprint density at radius 1 is 0.570 bits per heavy atom. The zero-order chi connectivity index (χ0) is 58.7. The predicted octanol–water partition coefficient (Wildman–Crippen LogP) is 11.8. The van der Waals surface area contributed by atoms with Crippen LogP contribution in [0.2, 0.25) is 0 Å². The first-order chi connectivity index (χ1) is 40.1. The molecule has 17 nitrogen and oxygen atoms in total. The van der Waals surface area contributed by atoms with Crippen molar-refractivity contribution in [3.8, 4) is 22.3 Å². The Hall–Kier alpha value is -8.66. The third-order valence-electron chi connectivity index (χ3n) is 14.4. The van der Waals surface area contributed by atoms with Crippen molar-refractivity contribution in [2.24, 2.45) is 0 Å². The Bertz CT molecular complexity index is 4110. The van der Waals surface area contributed by atoms with Crippen molar-refractivity contribution >= 4 is 139 Å². The summed E-state index contributed by atoms with van der Waals surface area (Å²) in [7, 11) is 0. The molecule has 0 spiro atoms. The van der Waals surface area contributed by atoms with E-state index in [2.05, 4.69) is 113 Å². The summed E-state index contributed by atoms with van der Waals surface area (Å²) >= 11 is 7.33. The van der Waals surface area contributed by atoms with Gasteiger partial charge in [0.1, 0.15) is 42.2 Å². The van der Waals surface area contributed by atoms with E-state index in [0.29, 0.717) is 57.8 Å². The number of carbonyl (C=O) groups excluding carboxylic acids is 5. The Labute approximate surface area is 521 Å². The molecule has 444 valence electrons. The lowest BCUT2D eigenvalue weighted by Gasteiger charge is -2.24. The van der Waals surface area contributed by atoms with Crippen LogP contribution in [0, 0.1) is 13.8 Å². The second kappa shape index (κ2) is 30.4. The number of carbonyl (C=O) groups is 6. The van der Waals surface area contributed by atoms with Crippen LogP contribution in [0.5, 0.6) is 0 Å². The van der Waals surface area contributed by atoms with Gasteiger partial charge in [0.25, 0.3) is 0 Å². The summed E-state index contributed by atoms with van der Waals surface area (Å²) in [6.45, 7) is 7.76. The molecule has 2 atom stereocenters. The Kier molecular flexibility index (Phi) is 23.5. The first-order valence-electron chi connectivity index (χ1n) is 27.1. The van der Waals surface area contributed by atoms with E-state index in [1.165, 1.54) is 18.5 Å². The highest BCUT2D eigenvalue weighted by Crippen LogP contribution is 2.32. The van der Waals surface area contributed by atoms with Gasteiger partial charge in [0.2, 0.25) is 17.7 Å². The Morgan fingerprint density at radius 2 is 1.02 bits per heavy atom. The van der Waals surface area contributed by atoms with Crippen LogP contribution < -0.4 is 16.0 Å². The minimum absolute atomic E-state index is 0. The maximum absolute atomic E-state index is 13.5. The van der Waals surface area contributed by atoms with Gasteiger partial charge < -0.3 is 26.0 Å². The summed E-state index contributed by atoms with van der Waals surface area (Å²) in [5.74, 6) is -0.699. The Balaban J connectivity index is 0.000000221. The molecule has 2 aliphatic rings. The minimum atomic E-state index is -0.997. The van der Waals surface area contributed by atoms with Crippen molar-refractivity contribution in [2.45, 2.75) is 86.0 Å². The van der Waals surface area contributed by atoms with E-state index in [-0.39, 0.29) is 81.7 Å². The van der Waals surface area contributed by atoms with Gasteiger partial charge >= 0.3 is 5.97 Å². The number of nitrogens with zero attached hydrogens (tertiary/aromatic N) is 7. The number of carboxylic acid groups (broad SMARTS) is 1. The van der Waals surface area contributed by atoms with Crippen LogP contribution >= 0.6 is 25.9 Å². The summed E-state index contributed by atoms with van der Waals surface area (Å²) in [5.41, 5.74) is 7.66. The van der Waals surface area contributed by atoms with Crippen molar-refractivity contribution < 1.29 is 33.9 Å². The van der Waals surface area contributed by atoms with E-state index in [1.807, 2.05) is 105 Å². The zero-order valence-electron chi connectivity index (χ0n) is 47.1. The number of aromatic nitrogens is 6. The fourth-order valence-electron chi connectivity index (χ4n) is 10.5. The third-order valence-corrected chi connectivity index (χ3v) is 14.4. The SMILES string of the molecule is C.CC(=O)c1nn(CC(=O)N2CCC[C@H]2C(=O)Nc2cccc(C)n2)c2ccc(-c3ccc4ccccc4c3)cc12.CC(=O)c1nn(CC(=O)O)c2ccc(-c3ccc4ccccc4c3)cc12.Cc1cccc(NC(=O)[C@@H]2CCCN2)n1.Cl.S.S=S. The van der Waals surface area contributed by atoms with E-state index in [1.54, 1.807) is 21.7 Å². The summed E-state index contributed by atoms with van der Waals surface area (Å²) in [6.07, 6.45) is 3.30. The number of ketones is 2. The molecular weight excluding hydrogens is 1160 g/mol. The third kappa shape index (κ3) is 15.8. The molecule has 4 N–H and O–H groups in total. The van der Waals surface area contributed by atoms with E-state index in [9.17, 15) is 28.8 Å². The van der Waals surface area contributed by atoms with E-state index in [4.69, 9.17) is 5.11 Å². The van der Waals surface area contributed by atoms with Crippen LogP contribution in [0.4, 0.5) is 11.6 Å². The van der Waals surface area contributed by atoms with Crippen LogP contribution in [0.3, 0.4) is 0 Å². The van der Waals surface area contributed by atoms with E-state index >= 15 is 0 Å². The first-order valence-corrected chi connectivity index (χ1v) is 28.4. The molecule has 6 heterocycles. The number of amides is 3. The smallest absolute Gasteiger partial charge is 0.325 e. The normalized spacial score (nSPS) is 13.9. The van der Waals surface area contributed by atoms with Crippen LogP contribution in [-0.4, -0.2) is 100.0 Å². The highest BCUT2D eigenvalue weighted by Gasteiger charge is 2.35. The summed E-state index contributed by atoms with van der Waals surface area (Å²) in [4.78, 5) is 83.9. The zero-order valence-corrected chi connectivity index (χ0v) is 50.5. The van der Waals surface area contributed by atoms with Crippen molar-refractivity contribution in [1.29, 1.82) is 0 Å². The Morgan fingerprint density at radius 3 is 1.48 bits per heavy atom. The highest BCUT2D eigenvalue weighted by atomic mass is 35.5. The molecule has 86 heavy (non-hydrogen) atoms. The number of aryl methyl sites for hydroxylation is 2. The van der Waals surface area contributed by atoms with Gasteiger partial charge in [-0.3, -0.25) is 38.1 Å². The summed E-state index contributed by atoms with van der Waals surface area (Å²) in [5, 5.41) is 32.6. The van der Waals surface area contributed by atoms with Crippen molar-refractivity contribution in [3.05, 3.63) is 181 Å². The topological polar surface area (TPSA) is 223 Å². The molecule has 10 aromatic rings. The van der Waals surface area contributed by atoms with Gasteiger partial charge in [0.05, 0.1) is 17.1 Å². The van der Waals surface area contributed by atoms with Crippen molar-refractivity contribution in [1.82, 2.24) is 39.7 Å². The molecule has 4 aromatic heterocycles. The lowest BCUT2D eigenvalue weighted by Crippen LogP contribution is -2.44. The highest BCUT2D eigenvalue weighted by molar-refractivity contribution is 8.07. The molecule has 2 saturated heterocycles. The quantitative estimate of drug-likeness (QED) is 0.0836. The molecule has 0 aliphatic carbocycles. The van der Waals surface area contributed by atoms with Gasteiger partial charge in [-0.2, -0.15) is 23.7 Å². The standard InChI is InChI=1S/C32H29N5O3.C21H16N2O3.C11H15N3O.CH4.ClH.S2.H2S/c1-20-7-5-11-29(33-20)34-32(40)28-10-6-16-36(28)30(39)19-37-27-15-14-25(18-26(27)31(35-37)21(2)38)24-13-12-22-8-3-4-9-23(22)17-24;1-13(24)21-18-11-17(8-9-19(18)23(22-21)12-20(25)26)16-7-6-14-4-2-3-5-15(14)10-16;1-8-4-2-6-10(13-8)14-11(15)9-5-3-7-12-9;;;1-2;/h3-5,7-9,11-15,17-18,28H,6,10,16,19H2,1-2H3,(H,33,34,40);2-11H,12H2,1H3,(H,25,26);2,4,6,9,12H,3,5,7H2,1H3,(H,13,14,15);1H4;1H;;1H2/t28-;;9-;;;;/m0.0..../s1.